The summed E-state index contributed by atoms with van der Waals surface area (Å²) in [6.07, 6.45) is 2.77. The fourth-order valence-electron chi connectivity index (χ4n) is 2.59. The molecule has 0 aliphatic rings. The van der Waals surface area contributed by atoms with Crippen molar-refractivity contribution in [2.24, 2.45) is 21.7 Å². The van der Waals surface area contributed by atoms with E-state index < -0.39 is 21.2 Å². The largest absolute Gasteiger partial charge is 0.369 e. The Morgan fingerprint density at radius 2 is 1.90 bits per heavy atom. The highest BCUT2D eigenvalue weighted by molar-refractivity contribution is 6.30. The van der Waals surface area contributed by atoms with Crippen molar-refractivity contribution >= 4 is 35.1 Å². The topological polar surface area (TPSA) is 181 Å². The standard InChI is InChI=1S/C17H13ClN8O4/c18-12-3-1-2-10(6-12)16-11(8-21-22-17(19)20)9-24(23-16)14-5-4-13(25(27)28)7-15(14)26(29)30/h1-9H,(H4,19,20,22)/b21-8+. The summed E-state index contributed by atoms with van der Waals surface area (Å²) < 4.78 is 1.22. The first-order valence-electron chi connectivity index (χ1n) is 8.17. The van der Waals surface area contributed by atoms with E-state index in [0.29, 0.717) is 21.8 Å². The van der Waals surface area contributed by atoms with Crippen LogP contribution in [-0.4, -0.2) is 31.8 Å². The maximum atomic E-state index is 11.5. The smallest absolute Gasteiger partial charge is 0.301 e. The molecule has 2 aromatic carbocycles. The van der Waals surface area contributed by atoms with Gasteiger partial charge in [0.15, 0.2) is 0 Å². The molecule has 0 fully saturated rings. The van der Waals surface area contributed by atoms with Crippen molar-refractivity contribution in [1.82, 2.24) is 9.78 Å². The number of guanidine groups is 1. The van der Waals surface area contributed by atoms with Crippen LogP contribution in [0.25, 0.3) is 16.9 Å². The Bertz CT molecular complexity index is 1200. The van der Waals surface area contributed by atoms with Gasteiger partial charge in [0.25, 0.3) is 5.69 Å². The van der Waals surface area contributed by atoms with Gasteiger partial charge in [-0.1, -0.05) is 23.7 Å². The first kappa shape index (κ1) is 20.4. The molecule has 0 unspecified atom stereocenters. The normalized spacial score (nSPS) is 10.8. The Kier molecular flexibility index (Phi) is 5.69. The highest BCUT2D eigenvalue weighted by atomic mass is 35.5. The second-order valence-corrected chi connectivity index (χ2v) is 6.28. The lowest BCUT2D eigenvalue weighted by Gasteiger charge is -2.03. The van der Waals surface area contributed by atoms with Gasteiger partial charge in [0.1, 0.15) is 11.4 Å². The molecule has 0 saturated heterocycles. The fourth-order valence-corrected chi connectivity index (χ4v) is 2.78. The van der Waals surface area contributed by atoms with Crippen LogP contribution in [0.2, 0.25) is 5.02 Å². The minimum Gasteiger partial charge on any atom is -0.369 e. The molecular weight excluding hydrogens is 416 g/mol. The van der Waals surface area contributed by atoms with Crippen molar-refractivity contribution in [2.75, 3.05) is 0 Å². The van der Waals surface area contributed by atoms with Crippen molar-refractivity contribution in [1.29, 1.82) is 0 Å². The van der Waals surface area contributed by atoms with Gasteiger partial charge in [-0.2, -0.15) is 10.2 Å². The summed E-state index contributed by atoms with van der Waals surface area (Å²) in [5, 5.41) is 34.6. The van der Waals surface area contributed by atoms with Gasteiger partial charge in [0.05, 0.1) is 22.1 Å². The first-order chi connectivity index (χ1) is 14.3. The third kappa shape index (κ3) is 4.39. The van der Waals surface area contributed by atoms with Crippen molar-refractivity contribution < 1.29 is 9.85 Å². The molecule has 1 heterocycles. The quantitative estimate of drug-likeness (QED) is 0.261. The second kappa shape index (κ2) is 8.36. The van der Waals surface area contributed by atoms with Crippen LogP contribution in [-0.2, 0) is 0 Å². The number of hydrogen-bond acceptors (Lipinski definition) is 7. The van der Waals surface area contributed by atoms with Crippen molar-refractivity contribution in [3.05, 3.63) is 79.5 Å². The highest BCUT2D eigenvalue weighted by Crippen LogP contribution is 2.30. The summed E-state index contributed by atoms with van der Waals surface area (Å²) in [6.45, 7) is 0. The summed E-state index contributed by atoms with van der Waals surface area (Å²) in [5.41, 5.74) is 11.1. The van der Waals surface area contributed by atoms with Gasteiger partial charge in [-0.3, -0.25) is 20.2 Å². The first-order valence-corrected chi connectivity index (χ1v) is 8.55. The van der Waals surface area contributed by atoms with Crippen LogP contribution in [0, 0.1) is 20.2 Å². The van der Waals surface area contributed by atoms with Crippen molar-refractivity contribution in [3.63, 3.8) is 0 Å². The zero-order valence-corrected chi connectivity index (χ0v) is 15.8. The predicted molar refractivity (Wildman–Crippen MR) is 111 cm³/mol. The number of non-ortho nitro benzene ring substituents is 1. The van der Waals surface area contributed by atoms with Gasteiger partial charge in [-0.05, 0) is 18.2 Å². The van der Waals surface area contributed by atoms with E-state index in [1.807, 2.05) is 0 Å². The molecule has 0 aliphatic heterocycles. The van der Waals surface area contributed by atoms with E-state index in [1.54, 1.807) is 24.3 Å². The lowest BCUT2D eigenvalue weighted by Crippen LogP contribution is -2.21. The lowest BCUT2D eigenvalue weighted by molar-refractivity contribution is -0.394. The highest BCUT2D eigenvalue weighted by Gasteiger charge is 2.22. The lowest BCUT2D eigenvalue weighted by atomic mass is 10.1. The molecule has 0 aliphatic carbocycles. The molecule has 3 aromatic rings. The number of rotatable bonds is 6. The molecule has 13 heteroatoms. The van der Waals surface area contributed by atoms with E-state index in [-0.39, 0.29) is 11.6 Å². The maximum absolute atomic E-state index is 11.5. The van der Waals surface area contributed by atoms with Gasteiger partial charge in [0.2, 0.25) is 5.96 Å². The number of nitrogens with two attached hydrogens (primary N) is 2. The van der Waals surface area contributed by atoms with E-state index in [2.05, 4.69) is 15.3 Å². The van der Waals surface area contributed by atoms with Crippen molar-refractivity contribution in [2.45, 2.75) is 0 Å². The van der Waals surface area contributed by atoms with Gasteiger partial charge in [0, 0.05) is 28.4 Å². The van der Waals surface area contributed by atoms with Crippen molar-refractivity contribution in [3.8, 4) is 16.9 Å². The van der Waals surface area contributed by atoms with Gasteiger partial charge >= 0.3 is 5.69 Å². The second-order valence-electron chi connectivity index (χ2n) is 5.84. The van der Waals surface area contributed by atoms with Crippen LogP contribution < -0.4 is 11.5 Å². The minimum atomic E-state index is -0.726. The average molecular weight is 429 g/mol. The zero-order chi connectivity index (χ0) is 21.8. The third-order valence-electron chi connectivity index (χ3n) is 3.82. The van der Waals surface area contributed by atoms with Gasteiger partial charge < -0.3 is 11.5 Å². The number of hydrogen-bond donors (Lipinski definition) is 2. The molecule has 3 rings (SSSR count). The number of aromatic nitrogens is 2. The minimum absolute atomic E-state index is 0.0235. The molecule has 0 radical (unpaired) electrons. The fraction of sp³-hybridized carbons (Fsp3) is 0. The average Bonchev–Trinajstić information content (AvgIpc) is 3.11. The Balaban J connectivity index is 2.19. The molecule has 0 amide bonds. The van der Waals surface area contributed by atoms with Gasteiger partial charge in [-0.15, -0.1) is 5.10 Å². The van der Waals surface area contributed by atoms with Crippen LogP contribution in [0.15, 0.2) is 58.9 Å². The van der Waals surface area contributed by atoms with E-state index in [1.165, 1.54) is 23.2 Å². The summed E-state index contributed by atoms with van der Waals surface area (Å²) >= 11 is 6.05. The van der Waals surface area contributed by atoms with Crippen LogP contribution in [0.4, 0.5) is 11.4 Å². The Labute approximate surface area is 173 Å². The third-order valence-corrected chi connectivity index (χ3v) is 4.06. The summed E-state index contributed by atoms with van der Waals surface area (Å²) in [5.74, 6) is -0.256. The zero-order valence-electron chi connectivity index (χ0n) is 15.0. The molecule has 0 spiro atoms. The molecule has 12 nitrogen and oxygen atoms in total. The monoisotopic (exact) mass is 428 g/mol. The molecule has 30 heavy (non-hydrogen) atoms. The van der Waals surface area contributed by atoms with E-state index in [0.717, 1.165) is 12.1 Å². The molecular formula is C17H13ClN8O4. The van der Waals surface area contributed by atoms with E-state index in [4.69, 9.17) is 23.1 Å². The number of benzene rings is 2. The molecule has 1 aromatic heterocycles. The molecule has 152 valence electrons. The van der Waals surface area contributed by atoms with E-state index in [9.17, 15) is 20.2 Å². The SMILES string of the molecule is NC(N)=N/N=C/c1cn(-c2ccc([N+](=O)[O-])cc2[N+](=O)[O-])nc1-c1cccc(Cl)c1. The summed E-state index contributed by atoms with van der Waals surface area (Å²) in [4.78, 5) is 21.0. The number of nitro benzene ring substituents is 2. The van der Waals surface area contributed by atoms with Crippen LogP contribution in [0.3, 0.4) is 0 Å². The molecule has 4 N–H and O–H groups in total. The number of nitro groups is 2. The summed E-state index contributed by atoms with van der Waals surface area (Å²) in [7, 11) is 0. The van der Waals surface area contributed by atoms with Gasteiger partial charge in [-0.25, -0.2) is 4.68 Å². The van der Waals surface area contributed by atoms with Crippen LogP contribution >= 0.6 is 11.6 Å². The maximum Gasteiger partial charge on any atom is 0.301 e. The Morgan fingerprint density at radius 3 is 2.53 bits per heavy atom. The summed E-state index contributed by atoms with van der Waals surface area (Å²) in [6, 6.07) is 10.0. The molecule has 0 saturated carbocycles. The Morgan fingerprint density at radius 1 is 1.13 bits per heavy atom. The molecule has 0 bridgehead atoms. The number of nitrogens with zero attached hydrogens (tertiary/aromatic N) is 6. The predicted octanol–water partition coefficient (Wildman–Crippen LogP) is 2.62. The number of halogens is 1. The van der Waals surface area contributed by atoms with E-state index >= 15 is 0 Å². The molecule has 0 atom stereocenters. The van der Waals surface area contributed by atoms with Crippen LogP contribution in [0.5, 0.6) is 0 Å². The Hall–Kier alpha value is -4.32. The van der Waals surface area contributed by atoms with Crippen LogP contribution in [0.1, 0.15) is 5.56 Å².